The van der Waals surface area contributed by atoms with E-state index in [0.717, 1.165) is 30.9 Å². The van der Waals surface area contributed by atoms with E-state index in [-0.39, 0.29) is 6.10 Å². The molecular weight excluding hydrogens is 322 g/mol. The summed E-state index contributed by atoms with van der Waals surface area (Å²) >= 11 is 0. The zero-order valence-corrected chi connectivity index (χ0v) is 13.8. The van der Waals surface area contributed by atoms with Gasteiger partial charge in [0.1, 0.15) is 25.2 Å². The highest BCUT2D eigenvalue weighted by Gasteiger charge is 2.17. The van der Waals surface area contributed by atoms with Crippen molar-refractivity contribution in [2.75, 3.05) is 42.7 Å². The molecule has 1 unspecified atom stereocenters. The van der Waals surface area contributed by atoms with Crippen LogP contribution in [0.25, 0.3) is 0 Å². The Hall–Kier alpha value is -2.74. The zero-order valence-electron chi connectivity index (χ0n) is 13.8. The monoisotopic (exact) mass is 343 g/mol. The number of nitrogens with two attached hydrogens (primary N) is 1. The Kier molecular flexibility index (Phi) is 4.43. The van der Waals surface area contributed by atoms with Crippen molar-refractivity contribution in [3.8, 4) is 11.5 Å². The Labute approximate surface area is 145 Å². The SMILES string of the molecule is Nc1c(NCC2CCCO2)ncnc1Nc1ccc2c(c1)OCCO2. The van der Waals surface area contributed by atoms with Gasteiger partial charge in [0.05, 0.1) is 6.10 Å². The number of benzene rings is 1. The largest absolute Gasteiger partial charge is 0.486 e. The molecule has 1 fully saturated rings. The summed E-state index contributed by atoms with van der Waals surface area (Å²) in [5.74, 6) is 2.60. The lowest BCUT2D eigenvalue weighted by atomic mass is 10.2. The van der Waals surface area contributed by atoms with Gasteiger partial charge in [-0.3, -0.25) is 0 Å². The molecule has 1 saturated heterocycles. The van der Waals surface area contributed by atoms with E-state index >= 15 is 0 Å². The fraction of sp³-hybridized carbons (Fsp3) is 0.412. The number of nitrogen functional groups attached to an aromatic ring is 1. The van der Waals surface area contributed by atoms with Crippen LogP contribution in [0.2, 0.25) is 0 Å². The first-order valence-electron chi connectivity index (χ1n) is 8.42. The second-order valence-corrected chi connectivity index (χ2v) is 5.98. The number of nitrogens with one attached hydrogen (secondary N) is 2. The molecule has 8 heteroatoms. The minimum absolute atomic E-state index is 0.212. The van der Waals surface area contributed by atoms with E-state index in [9.17, 15) is 0 Å². The standard InChI is InChI=1S/C17H21N5O3/c18-15-16(19-9-12-2-1-5-23-12)20-10-21-17(15)22-11-3-4-13-14(8-11)25-7-6-24-13/h3-4,8,10,12H,1-2,5-7,9,18H2,(H2,19,20,21,22). The maximum atomic E-state index is 6.21. The summed E-state index contributed by atoms with van der Waals surface area (Å²) in [7, 11) is 0. The van der Waals surface area contributed by atoms with Crippen LogP contribution in [0.1, 0.15) is 12.8 Å². The van der Waals surface area contributed by atoms with Crippen molar-refractivity contribution in [2.24, 2.45) is 0 Å². The summed E-state index contributed by atoms with van der Waals surface area (Å²) in [6, 6.07) is 5.63. The van der Waals surface area contributed by atoms with E-state index in [4.69, 9.17) is 19.9 Å². The summed E-state index contributed by atoms with van der Waals surface area (Å²) in [4.78, 5) is 8.46. The lowest BCUT2D eigenvalue weighted by molar-refractivity contribution is 0.120. The molecule has 1 aromatic carbocycles. The van der Waals surface area contributed by atoms with Crippen LogP contribution in [0.5, 0.6) is 11.5 Å². The van der Waals surface area contributed by atoms with E-state index in [1.807, 2.05) is 18.2 Å². The smallest absolute Gasteiger partial charge is 0.163 e. The van der Waals surface area contributed by atoms with E-state index < -0.39 is 0 Å². The van der Waals surface area contributed by atoms with E-state index in [1.54, 1.807) is 0 Å². The number of rotatable bonds is 5. The highest BCUT2D eigenvalue weighted by Crippen LogP contribution is 2.34. The molecule has 0 aliphatic carbocycles. The predicted molar refractivity (Wildman–Crippen MR) is 94.6 cm³/mol. The normalized spacial score (nSPS) is 18.8. The van der Waals surface area contributed by atoms with Crippen LogP contribution in [0.4, 0.5) is 23.0 Å². The molecule has 0 amide bonds. The summed E-state index contributed by atoms with van der Waals surface area (Å²) in [6.07, 6.45) is 3.85. The first-order valence-corrected chi connectivity index (χ1v) is 8.42. The van der Waals surface area contributed by atoms with Crippen molar-refractivity contribution in [3.63, 3.8) is 0 Å². The molecule has 8 nitrogen and oxygen atoms in total. The molecule has 4 rings (SSSR count). The summed E-state index contributed by atoms with van der Waals surface area (Å²) in [5, 5.41) is 6.45. The maximum absolute atomic E-state index is 6.21. The minimum Gasteiger partial charge on any atom is -0.486 e. The second-order valence-electron chi connectivity index (χ2n) is 5.98. The number of fused-ring (bicyclic) bond motifs is 1. The number of ether oxygens (including phenoxy) is 3. The molecular formula is C17H21N5O3. The number of anilines is 4. The van der Waals surface area contributed by atoms with Crippen LogP contribution in [0.15, 0.2) is 24.5 Å². The van der Waals surface area contributed by atoms with Gasteiger partial charge in [-0.15, -0.1) is 0 Å². The molecule has 0 spiro atoms. The maximum Gasteiger partial charge on any atom is 0.163 e. The third-order valence-corrected chi connectivity index (χ3v) is 4.21. The fourth-order valence-electron chi connectivity index (χ4n) is 2.91. The van der Waals surface area contributed by atoms with Gasteiger partial charge in [0.2, 0.25) is 0 Å². The molecule has 4 N–H and O–H groups in total. The van der Waals surface area contributed by atoms with Gasteiger partial charge < -0.3 is 30.6 Å². The quantitative estimate of drug-likeness (QED) is 0.759. The highest BCUT2D eigenvalue weighted by atomic mass is 16.6. The third-order valence-electron chi connectivity index (χ3n) is 4.21. The van der Waals surface area contributed by atoms with Crippen molar-refractivity contribution >= 4 is 23.0 Å². The molecule has 1 atom stereocenters. The molecule has 132 valence electrons. The van der Waals surface area contributed by atoms with Crippen molar-refractivity contribution < 1.29 is 14.2 Å². The summed E-state index contributed by atoms with van der Waals surface area (Å²) < 4.78 is 16.7. The van der Waals surface area contributed by atoms with Gasteiger partial charge in [0.25, 0.3) is 0 Å². The first-order chi connectivity index (χ1) is 12.3. The van der Waals surface area contributed by atoms with Gasteiger partial charge in [-0.2, -0.15) is 0 Å². The van der Waals surface area contributed by atoms with Crippen molar-refractivity contribution in [2.45, 2.75) is 18.9 Å². The molecule has 2 aromatic rings. The second kappa shape index (κ2) is 7.02. The number of hydrogen-bond donors (Lipinski definition) is 3. The zero-order chi connectivity index (χ0) is 17.1. The Balaban J connectivity index is 1.47. The van der Waals surface area contributed by atoms with E-state index in [0.29, 0.717) is 42.8 Å². The molecule has 2 aliphatic rings. The molecule has 0 saturated carbocycles. The van der Waals surface area contributed by atoms with Crippen molar-refractivity contribution in [3.05, 3.63) is 24.5 Å². The topological polar surface area (TPSA) is 104 Å². The average Bonchev–Trinajstić information content (AvgIpc) is 3.16. The van der Waals surface area contributed by atoms with E-state index in [2.05, 4.69) is 20.6 Å². The molecule has 3 heterocycles. The fourth-order valence-corrected chi connectivity index (χ4v) is 2.91. The molecule has 0 bridgehead atoms. The Morgan fingerprint density at radius 2 is 1.92 bits per heavy atom. The highest BCUT2D eigenvalue weighted by molar-refractivity contribution is 5.78. The number of hydrogen-bond acceptors (Lipinski definition) is 8. The van der Waals surface area contributed by atoms with Gasteiger partial charge in [0, 0.05) is 24.9 Å². The third kappa shape index (κ3) is 3.53. The number of nitrogens with zero attached hydrogens (tertiary/aromatic N) is 2. The van der Waals surface area contributed by atoms with Crippen molar-refractivity contribution in [1.82, 2.24) is 9.97 Å². The molecule has 25 heavy (non-hydrogen) atoms. The van der Waals surface area contributed by atoms with Gasteiger partial charge in [-0.1, -0.05) is 0 Å². The van der Waals surface area contributed by atoms with Crippen LogP contribution in [0, 0.1) is 0 Å². The van der Waals surface area contributed by atoms with Gasteiger partial charge in [-0.05, 0) is 25.0 Å². The van der Waals surface area contributed by atoms with E-state index in [1.165, 1.54) is 6.33 Å². The van der Waals surface area contributed by atoms with Crippen LogP contribution in [0.3, 0.4) is 0 Å². The Morgan fingerprint density at radius 3 is 2.76 bits per heavy atom. The lowest BCUT2D eigenvalue weighted by Crippen LogP contribution is -2.20. The van der Waals surface area contributed by atoms with Crippen LogP contribution < -0.4 is 25.8 Å². The summed E-state index contributed by atoms with van der Waals surface area (Å²) in [5.41, 5.74) is 7.49. The Morgan fingerprint density at radius 1 is 1.08 bits per heavy atom. The molecule has 1 aromatic heterocycles. The van der Waals surface area contributed by atoms with Gasteiger partial charge in [-0.25, -0.2) is 9.97 Å². The summed E-state index contributed by atoms with van der Waals surface area (Å²) in [6.45, 7) is 2.62. The molecule has 2 aliphatic heterocycles. The minimum atomic E-state index is 0.212. The Bertz CT molecular complexity index is 749. The van der Waals surface area contributed by atoms with Gasteiger partial charge >= 0.3 is 0 Å². The van der Waals surface area contributed by atoms with Gasteiger partial charge in [0.15, 0.2) is 23.1 Å². The van der Waals surface area contributed by atoms with Crippen LogP contribution >= 0.6 is 0 Å². The lowest BCUT2D eigenvalue weighted by Gasteiger charge is -2.19. The average molecular weight is 343 g/mol. The number of aromatic nitrogens is 2. The van der Waals surface area contributed by atoms with Crippen molar-refractivity contribution in [1.29, 1.82) is 0 Å². The first kappa shape index (κ1) is 15.8. The predicted octanol–water partition coefficient (Wildman–Crippen LogP) is 2.16. The van der Waals surface area contributed by atoms with Crippen LogP contribution in [-0.4, -0.2) is 42.4 Å². The molecule has 0 radical (unpaired) electrons. The van der Waals surface area contributed by atoms with Crippen LogP contribution in [-0.2, 0) is 4.74 Å².